The van der Waals surface area contributed by atoms with Gasteiger partial charge in [0.15, 0.2) is 6.61 Å². The molecule has 3 N–H and O–H groups in total. The quantitative estimate of drug-likeness (QED) is 0.341. The number of fused-ring (bicyclic) bond motifs is 1. The second kappa shape index (κ2) is 12.5. The predicted octanol–water partition coefficient (Wildman–Crippen LogP) is 4.28. The molecule has 1 fully saturated rings. The molecule has 1 aromatic carbocycles. The van der Waals surface area contributed by atoms with Gasteiger partial charge in [0.05, 0.1) is 0 Å². The van der Waals surface area contributed by atoms with E-state index in [4.69, 9.17) is 9.57 Å². The number of benzene rings is 1. The van der Waals surface area contributed by atoms with Gasteiger partial charge in [-0.05, 0) is 69.1 Å². The van der Waals surface area contributed by atoms with E-state index >= 15 is 0 Å². The SMILES string of the molecule is CC1CCC=CCC(C)OC(=O)c2c(O)cc(O)cc2/C=C(\NOCC(=O)N2CCCCC2)C1. The first kappa shape index (κ1) is 25.6. The summed E-state index contributed by atoms with van der Waals surface area (Å²) in [5.41, 5.74) is 3.80. The van der Waals surface area contributed by atoms with E-state index in [1.807, 2.05) is 11.0 Å². The normalized spacial score (nSPS) is 23.8. The van der Waals surface area contributed by atoms with Crippen LogP contribution >= 0.6 is 0 Å². The Kier molecular flexibility index (Phi) is 9.39. The van der Waals surface area contributed by atoms with Gasteiger partial charge in [-0.2, -0.15) is 0 Å². The molecule has 0 radical (unpaired) electrons. The number of phenolic OH excluding ortho intramolecular Hbond substituents is 2. The number of cyclic esters (lactones) is 1. The van der Waals surface area contributed by atoms with Crippen LogP contribution in [0.1, 0.15) is 74.7 Å². The van der Waals surface area contributed by atoms with Crippen molar-refractivity contribution in [3.05, 3.63) is 41.1 Å². The largest absolute Gasteiger partial charge is 0.508 e. The molecule has 0 saturated carbocycles. The van der Waals surface area contributed by atoms with Crippen LogP contribution in [0.25, 0.3) is 6.08 Å². The summed E-state index contributed by atoms with van der Waals surface area (Å²) in [6.45, 7) is 5.31. The third-order valence-corrected chi connectivity index (χ3v) is 6.11. The topological polar surface area (TPSA) is 108 Å². The molecule has 0 bridgehead atoms. The number of hydrogen-bond acceptors (Lipinski definition) is 7. The summed E-state index contributed by atoms with van der Waals surface area (Å²) < 4.78 is 5.52. The molecule has 8 heteroatoms. The lowest BCUT2D eigenvalue weighted by Crippen LogP contribution is -2.39. The molecule has 8 nitrogen and oxygen atoms in total. The number of phenols is 2. The van der Waals surface area contributed by atoms with Crippen LogP contribution in [0.4, 0.5) is 0 Å². The van der Waals surface area contributed by atoms with Gasteiger partial charge < -0.3 is 19.8 Å². The Balaban J connectivity index is 1.84. The summed E-state index contributed by atoms with van der Waals surface area (Å²) in [5, 5.41) is 20.5. The van der Waals surface area contributed by atoms with Crippen LogP contribution in [-0.2, 0) is 14.4 Å². The van der Waals surface area contributed by atoms with Crippen LogP contribution < -0.4 is 5.48 Å². The van der Waals surface area contributed by atoms with Crippen LogP contribution in [0.5, 0.6) is 11.5 Å². The average Bonchev–Trinajstić information content (AvgIpc) is 2.78. The van der Waals surface area contributed by atoms with Gasteiger partial charge in [-0.3, -0.25) is 15.1 Å². The van der Waals surface area contributed by atoms with Crippen molar-refractivity contribution in [3.63, 3.8) is 0 Å². The smallest absolute Gasteiger partial charge is 0.342 e. The zero-order valence-corrected chi connectivity index (χ0v) is 20.1. The number of hydroxylamine groups is 1. The predicted molar refractivity (Wildman–Crippen MR) is 129 cm³/mol. The highest BCUT2D eigenvalue weighted by Crippen LogP contribution is 2.31. The van der Waals surface area contributed by atoms with E-state index in [1.54, 1.807) is 13.0 Å². The number of carbonyl (C=O) groups is 2. The number of likely N-dealkylation sites (tertiary alicyclic amines) is 1. The van der Waals surface area contributed by atoms with Crippen molar-refractivity contribution in [1.29, 1.82) is 0 Å². The van der Waals surface area contributed by atoms with Gasteiger partial charge in [-0.25, -0.2) is 4.79 Å². The highest BCUT2D eigenvalue weighted by Gasteiger charge is 2.22. The summed E-state index contributed by atoms with van der Waals surface area (Å²) in [4.78, 5) is 32.7. The molecule has 3 rings (SSSR count). The van der Waals surface area contributed by atoms with Gasteiger partial charge in [0.25, 0.3) is 5.91 Å². The summed E-state index contributed by atoms with van der Waals surface area (Å²) in [5.74, 6) is -0.993. The van der Waals surface area contributed by atoms with Crippen molar-refractivity contribution < 1.29 is 29.4 Å². The van der Waals surface area contributed by atoms with E-state index in [0.29, 0.717) is 24.1 Å². The number of rotatable bonds is 4. The standard InChI is InChI=1S/C26H36N2O6/c1-18-9-5-3-6-10-19(2)34-26(32)25-20(15-22(29)16-23(25)30)14-21(13-18)27-33-17-24(31)28-11-7-4-8-12-28/h3,6,14-16,18-19,27,29-30H,4-5,7-13,17H2,1-2H3/b6-3?,21-14-. The molecule has 2 aliphatic heterocycles. The van der Waals surface area contributed by atoms with Crippen molar-refractivity contribution in [2.24, 2.45) is 5.92 Å². The highest BCUT2D eigenvalue weighted by atomic mass is 16.6. The van der Waals surface area contributed by atoms with Crippen molar-refractivity contribution in [3.8, 4) is 11.5 Å². The maximum absolute atomic E-state index is 12.8. The molecule has 0 aliphatic carbocycles. The minimum Gasteiger partial charge on any atom is -0.508 e. The fraction of sp³-hybridized carbons (Fsp3) is 0.538. The molecule has 186 valence electrons. The Morgan fingerprint density at radius 2 is 1.94 bits per heavy atom. The van der Waals surface area contributed by atoms with Gasteiger partial charge in [-0.1, -0.05) is 19.1 Å². The summed E-state index contributed by atoms with van der Waals surface area (Å²) in [6, 6.07) is 2.52. The number of amides is 1. The number of hydrogen-bond donors (Lipinski definition) is 3. The molecule has 2 atom stereocenters. The maximum atomic E-state index is 12.8. The number of nitrogens with zero attached hydrogens (tertiary/aromatic N) is 1. The molecule has 2 aliphatic rings. The van der Waals surface area contributed by atoms with Gasteiger partial charge in [0, 0.05) is 31.3 Å². The van der Waals surface area contributed by atoms with Crippen molar-refractivity contribution >= 4 is 18.0 Å². The van der Waals surface area contributed by atoms with Crippen LogP contribution in [0.3, 0.4) is 0 Å². The zero-order valence-electron chi connectivity index (χ0n) is 20.1. The van der Waals surface area contributed by atoms with Gasteiger partial charge >= 0.3 is 5.97 Å². The molecule has 2 unspecified atom stereocenters. The van der Waals surface area contributed by atoms with E-state index in [9.17, 15) is 19.8 Å². The Bertz CT molecular complexity index is 920. The van der Waals surface area contributed by atoms with Crippen molar-refractivity contribution in [2.45, 2.75) is 64.9 Å². The van der Waals surface area contributed by atoms with E-state index in [2.05, 4.69) is 18.5 Å². The average molecular weight is 473 g/mol. The Hall–Kier alpha value is -3.00. The van der Waals surface area contributed by atoms with Crippen LogP contribution in [0.15, 0.2) is 30.0 Å². The first-order valence-corrected chi connectivity index (χ1v) is 12.1. The maximum Gasteiger partial charge on any atom is 0.342 e. The molecule has 2 heterocycles. The number of carbonyl (C=O) groups excluding carboxylic acids is 2. The third-order valence-electron chi connectivity index (χ3n) is 6.11. The first-order chi connectivity index (χ1) is 16.3. The number of piperidine rings is 1. The van der Waals surface area contributed by atoms with E-state index < -0.39 is 5.97 Å². The summed E-state index contributed by atoms with van der Waals surface area (Å²) >= 11 is 0. The highest BCUT2D eigenvalue weighted by molar-refractivity contribution is 5.97. The van der Waals surface area contributed by atoms with Gasteiger partial charge in [0.1, 0.15) is 23.2 Å². The second-order valence-corrected chi connectivity index (χ2v) is 9.24. The molecular formula is C26H36N2O6. The number of allylic oxidation sites excluding steroid dienone is 2. The van der Waals surface area contributed by atoms with Crippen LogP contribution in [0.2, 0.25) is 0 Å². The third kappa shape index (κ3) is 7.52. The fourth-order valence-electron chi connectivity index (χ4n) is 4.27. The molecule has 1 amide bonds. The number of nitrogens with one attached hydrogen (secondary N) is 1. The van der Waals surface area contributed by atoms with E-state index in [1.165, 1.54) is 6.07 Å². The summed E-state index contributed by atoms with van der Waals surface area (Å²) in [6.07, 6.45) is 11.5. The molecule has 0 spiro atoms. The Morgan fingerprint density at radius 1 is 1.18 bits per heavy atom. The number of ether oxygens (including phenoxy) is 1. The lowest BCUT2D eigenvalue weighted by molar-refractivity contribution is -0.139. The lowest BCUT2D eigenvalue weighted by Gasteiger charge is -2.26. The van der Waals surface area contributed by atoms with Gasteiger partial charge in [-0.15, -0.1) is 0 Å². The monoisotopic (exact) mass is 472 g/mol. The summed E-state index contributed by atoms with van der Waals surface area (Å²) in [7, 11) is 0. The van der Waals surface area contributed by atoms with Gasteiger partial charge in [0.2, 0.25) is 0 Å². The van der Waals surface area contributed by atoms with Crippen molar-refractivity contribution in [1.82, 2.24) is 10.4 Å². The second-order valence-electron chi connectivity index (χ2n) is 9.24. The number of aromatic hydroxyl groups is 2. The lowest BCUT2D eigenvalue weighted by atomic mass is 9.97. The molecule has 34 heavy (non-hydrogen) atoms. The Labute approximate surface area is 201 Å². The van der Waals surface area contributed by atoms with E-state index in [-0.39, 0.29) is 41.6 Å². The zero-order chi connectivity index (χ0) is 24.5. The minimum absolute atomic E-state index is 0.0259. The molecule has 0 aromatic heterocycles. The van der Waals surface area contributed by atoms with Crippen LogP contribution in [-0.4, -0.2) is 52.8 Å². The molecule has 1 aromatic rings. The molecule has 1 saturated heterocycles. The fourth-order valence-corrected chi connectivity index (χ4v) is 4.27. The number of esters is 1. The first-order valence-electron chi connectivity index (χ1n) is 12.1. The molecular weight excluding hydrogens is 436 g/mol. The van der Waals surface area contributed by atoms with E-state index in [0.717, 1.165) is 51.3 Å². The Morgan fingerprint density at radius 3 is 2.71 bits per heavy atom. The van der Waals surface area contributed by atoms with Crippen molar-refractivity contribution in [2.75, 3.05) is 19.7 Å². The van der Waals surface area contributed by atoms with Crippen LogP contribution in [0, 0.1) is 5.92 Å². The minimum atomic E-state index is -0.671.